The molecule has 1 unspecified atom stereocenters. The van der Waals surface area contributed by atoms with E-state index in [1.807, 2.05) is 0 Å². The number of ether oxygens (including phenoxy) is 2. The number of rotatable bonds is 7. The Labute approximate surface area is 129 Å². The van der Waals surface area contributed by atoms with Gasteiger partial charge in [0.25, 0.3) is 0 Å². The summed E-state index contributed by atoms with van der Waals surface area (Å²) in [4.78, 5) is 34.1. The first-order chi connectivity index (χ1) is 10.4. The first kappa shape index (κ1) is 17.4. The molecule has 0 aromatic heterocycles. The van der Waals surface area contributed by atoms with Crippen molar-refractivity contribution in [2.75, 3.05) is 6.61 Å². The molecule has 1 aromatic rings. The van der Waals surface area contributed by atoms with E-state index in [4.69, 9.17) is 9.47 Å². The minimum Gasteiger partial charge on any atom is -0.462 e. The van der Waals surface area contributed by atoms with Crippen LogP contribution in [0.1, 0.15) is 20.3 Å². The maximum Gasteiger partial charge on any atom is 0.350 e. The predicted octanol–water partition coefficient (Wildman–Crippen LogP) is 2.50. The van der Waals surface area contributed by atoms with Gasteiger partial charge in [0.15, 0.2) is 0 Å². The number of hydrogen-bond donors (Lipinski definition) is 0. The average molecular weight is 302 g/mol. The lowest BCUT2D eigenvalue weighted by Crippen LogP contribution is -2.18. The first-order valence-electron chi connectivity index (χ1n) is 6.78. The summed E-state index contributed by atoms with van der Waals surface area (Å²) in [6, 6.07) is 8.43. The van der Waals surface area contributed by atoms with Gasteiger partial charge in [-0.3, -0.25) is 0 Å². The average Bonchev–Trinajstić information content (AvgIpc) is 2.50. The van der Waals surface area contributed by atoms with Crippen molar-refractivity contribution in [3.63, 3.8) is 0 Å². The van der Waals surface area contributed by atoms with Crippen LogP contribution in [0.15, 0.2) is 48.1 Å². The second-order valence-corrected chi connectivity index (χ2v) is 4.97. The van der Waals surface area contributed by atoms with Gasteiger partial charge in [-0.2, -0.15) is 0 Å². The van der Waals surface area contributed by atoms with E-state index in [2.05, 4.69) is 6.58 Å². The Morgan fingerprint density at radius 1 is 1.23 bits per heavy atom. The number of carbonyl (C=O) groups excluding carboxylic acids is 3. The molecule has 1 rings (SSSR count). The summed E-state index contributed by atoms with van der Waals surface area (Å²) in [5, 5.41) is 0. The van der Waals surface area contributed by atoms with Crippen molar-refractivity contribution in [3.05, 3.63) is 48.1 Å². The SMILES string of the molecule is C=C(C)C(=O)OCC(C)CC(=C=O)C(=O)Oc1ccccc1. The normalized spacial score (nSPS) is 11.0. The van der Waals surface area contributed by atoms with Gasteiger partial charge < -0.3 is 9.47 Å². The molecule has 5 heteroatoms. The second kappa shape index (κ2) is 8.60. The maximum absolute atomic E-state index is 11.9. The zero-order valence-corrected chi connectivity index (χ0v) is 12.6. The zero-order chi connectivity index (χ0) is 16.5. The van der Waals surface area contributed by atoms with Gasteiger partial charge in [-0.15, -0.1) is 0 Å². The number of esters is 2. The quantitative estimate of drug-likeness (QED) is 0.335. The monoisotopic (exact) mass is 302 g/mol. The number of carbonyl (C=O) groups is 2. The summed E-state index contributed by atoms with van der Waals surface area (Å²) in [6.07, 6.45) is 0.110. The molecule has 0 heterocycles. The summed E-state index contributed by atoms with van der Waals surface area (Å²) >= 11 is 0. The molecule has 116 valence electrons. The third-order valence-electron chi connectivity index (χ3n) is 2.72. The van der Waals surface area contributed by atoms with Gasteiger partial charge in [-0.1, -0.05) is 31.7 Å². The van der Waals surface area contributed by atoms with Gasteiger partial charge >= 0.3 is 11.9 Å². The molecule has 0 fully saturated rings. The molecule has 0 aliphatic rings. The predicted molar refractivity (Wildman–Crippen MR) is 80.8 cm³/mol. The first-order valence-corrected chi connectivity index (χ1v) is 6.78. The molecule has 1 aromatic carbocycles. The van der Waals surface area contributed by atoms with E-state index in [0.29, 0.717) is 11.3 Å². The lowest BCUT2D eigenvalue weighted by Gasteiger charge is -2.12. The molecule has 0 amide bonds. The molecule has 22 heavy (non-hydrogen) atoms. The van der Waals surface area contributed by atoms with Crippen LogP contribution in [-0.2, 0) is 19.1 Å². The largest absolute Gasteiger partial charge is 0.462 e. The lowest BCUT2D eigenvalue weighted by atomic mass is 10.0. The fourth-order valence-electron chi connectivity index (χ4n) is 1.57. The minimum atomic E-state index is -0.751. The van der Waals surface area contributed by atoms with Crippen molar-refractivity contribution in [3.8, 4) is 5.75 Å². The summed E-state index contributed by atoms with van der Waals surface area (Å²) < 4.78 is 10.0. The Balaban J connectivity index is 2.54. The molecule has 0 N–H and O–H groups in total. The Morgan fingerprint density at radius 2 is 1.86 bits per heavy atom. The van der Waals surface area contributed by atoms with Gasteiger partial charge in [0.1, 0.15) is 17.3 Å². The van der Waals surface area contributed by atoms with Crippen molar-refractivity contribution in [2.45, 2.75) is 20.3 Å². The fourth-order valence-corrected chi connectivity index (χ4v) is 1.57. The highest BCUT2D eigenvalue weighted by molar-refractivity contribution is 5.98. The van der Waals surface area contributed by atoms with Crippen LogP contribution in [0.5, 0.6) is 5.75 Å². The molecule has 0 saturated carbocycles. The van der Waals surface area contributed by atoms with Gasteiger partial charge in [0.05, 0.1) is 6.61 Å². The molecule has 5 nitrogen and oxygen atoms in total. The van der Waals surface area contributed by atoms with Gasteiger partial charge in [-0.05, 0) is 31.4 Å². The highest BCUT2D eigenvalue weighted by Gasteiger charge is 2.18. The van der Waals surface area contributed by atoms with Crippen molar-refractivity contribution in [1.29, 1.82) is 0 Å². The van der Waals surface area contributed by atoms with E-state index < -0.39 is 11.9 Å². The topological polar surface area (TPSA) is 69.7 Å². The van der Waals surface area contributed by atoms with Crippen molar-refractivity contribution >= 4 is 17.9 Å². The second-order valence-electron chi connectivity index (χ2n) is 4.97. The molecule has 1 atom stereocenters. The Hall–Kier alpha value is -2.65. The summed E-state index contributed by atoms with van der Waals surface area (Å²) in [6.45, 7) is 6.84. The third kappa shape index (κ3) is 5.77. The van der Waals surface area contributed by atoms with Gasteiger partial charge in [0, 0.05) is 5.57 Å². The number of hydrogen-bond acceptors (Lipinski definition) is 5. The molecule has 0 bridgehead atoms. The molecule has 0 aliphatic carbocycles. The lowest BCUT2D eigenvalue weighted by molar-refractivity contribution is -0.140. The van der Waals surface area contributed by atoms with Crippen LogP contribution in [0.25, 0.3) is 0 Å². The molecule has 0 saturated heterocycles. The highest BCUT2D eigenvalue weighted by Crippen LogP contribution is 2.15. The molecule has 0 spiro atoms. The smallest absolute Gasteiger partial charge is 0.350 e. The molecule has 0 aliphatic heterocycles. The van der Waals surface area contributed by atoms with Crippen LogP contribution in [0.4, 0.5) is 0 Å². The van der Waals surface area contributed by atoms with Crippen LogP contribution < -0.4 is 4.74 Å². The summed E-state index contributed by atoms with van der Waals surface area (Å²) in [5.74, 6) is 0.472. The van der Waals surface area contributed by atoms with Crippen LogP contribution in [0.2, 0.25) is 0 Å². The van der Waals surface area contributed by atoms with Gasteiger partial charge in [0.2, 0.25) is 0 Å². The molecule has 0 radical (unpaired) electrons. The third-order valence-corrected chi connectivity index (χ3v) is 2.72. The molecular formula is C17H18O5. The maximum atomic E-state index is 11.9. The number of para-hydroxylation sites is 1. The van der Waals surface area contributed by atoms with E-state index in [-0.39, 0.29) is 24.5 Å². The standard InChI is InChI=1S/C17H18O5/c1-12(2)16(19)21-11-13(3)9-14(10-18)17(20)22-15-7-5-4-6-8-15/h4-8,13H,1,9,11H2,2-3H3. The fraction of sp³-hybridized carbons (Fsp3) is 0.294. The van der Waals surface area contributed by atoms with Crippen molar-refractivity contribution in [1.82, 2.24) is 0 Å². The van der Waals surface area contributed by atoms with E-state index in [1.54, 1.807) is 50.1 Å². The minimum absolute atomic E-state index is 0.0789. The zero-order valence-electron chi connectivity index (χ0n) is 12.6. The molecular weight excluding hydrogens is 284 g/mol. The van der Waals surface area contributed by atoms with Crippen molar-refractivity contribution < 1.29 is 23.9 Å². The van der Waals surface area contributed by atoms with Crippen LogP contribution in [0.3, 0.4) is 0 Å². The summed E-state index contributed by atoms with van der Waals surface area (Å²) in [7, 11) is 0. The van der Waals surface area contributed by atoms with E-state index >= 15 is 0 Å². The van der Waals surface area contributed by atoms with E-state index in [1.165, 1.54) is 0 Å². The highest BCUT2D eigenvalue weighted by atomic mass is 16.5. The van der Waals surface area contributed by atoms with E-state index in [0.717, 1.165) is 0 Å². The Kier molecular flexibility index (Phi) is 6.80. The van der Waals surface area contributed by atoms with Crippen molar-refractivity contribution in [2.24, 2.45) is 5.92 Å². The van der Waals surface area contributed by atoms with Gasteiger partial charge in [-0.25, -0.2) is 14.4 Å². The Bertz CT molecular complexity index is 597. The Morgan fingerprint density at radius 3 is 2.41 bits per heavy atom. The van der Waals surface area contributed by atoms with Crippen LogP contribution in [-0.4, -0.2) is 24.5 Å². The summed E-state index contributed by atoms with van der Waals surface area (Å²) in [5.41, 5.74) is 0.171. The van der Waals surface area contributed by atoms with E-state index in [9.17, 15) is 14.4 Å². The number of benzene rings is 1. The van der Waals surface area contributed by atoms with Crippen LogP contribution in [0, 0.1) is 5.92 Å². The van der Waals surface area contributed by atoms with Crippen LogP contribution >= 0.6 is 0 Å².